The van der Waals surface area contributed by atoms with E-state index in [1.165, 1.54) is 6.08 Å². The summed E-state index contributed by atoms with van der Waals surface area (Å²) in [7, 11) is 0. The number of rotatable bonds is 6. The molecule has 0 aromatic heterocycles. The van der Waals surface area contributed by atoms with Gasteiger partial charge in [0.05, 0.1) is 16.7 Å². The monoisotopic (exact) mass is 385 g/mol. The third-order valence-corrected chi connectivity index (χ3v) is 4.57. The molecule has 1 fully saturated rings. The molecule has 1 aromatic carbocycles. The molecule has 0 unspecified atom stereocenters. The van der Waals surface area contributed by atoms with Crippen molar-refractivity contribution in [3.63, 3.8) is 0 Å². The van der Waals surface area contributed by atoms with Gasteiger partial charge in [0.25, 0.3) is 5.91 Å². The Morgan fingerprint density at radius 1 is 1.37 bits per heavy atom. The summed E-state index contributed by atoms with van der Waals surface area (Å²) < 4.78 is 5.97. The SMILES string of the molecule is C=C/C(=N\C=C(C)C)C(=O)N[C@H]1CC[C@H](Oc2ccc(C#N)c(Cl)c2)CC1. The Balaban J connectivity index is 1.86. The fraction of sp³-hybridized carbons (Fsp3) is 0.381. The van der Waals surface area contributed by atoms with Crippen LogP contribution in [-0.4, -0.2) is 23.8 Å². The number of benzene rings is 1. The molecule has 1 aromatic rings. The van der Waals surface area contributed by atoms with E-state index in [1.54, 1.807) is 24.4 Å². The van der Waals surface area contributed by atoms with Crippen LogP contribution in [0.15, 0.2) is 47.6 Å². The largest absolute Gasteiger partial charge is 0.490 e. The summed E-state index contributed by atoms with van der Waals surface area (Å²) in [6.45, 7) is 7.50. The number of aliphatic imine (C=N–C) groups is 1. The predicted molar refractivity (Wildman–Crippen MR) is 108 cm³/mol. The van der Waals surface area contributed by atoms with Crippen LogP contribution in [0.4, 0.5) is 0 Å². The van der Waals surface area contributed by atoms with Gasteiger partial charge in [-0.1, -0.05) is 23.8 Å². The summed E-state index contributed by atoms with van der Waals surface area (Å²) in [6.07, 6.45) is 6.51. The van der Waals surface area contributed by atoms with Crippen molar-refractivity contribution in [1.29, 1.82) is 5.26 Å². The number of hydrogen-bond acceptors (Lipinski definition) is 4. The van der Waals surface area contributed by atoms with E-state index < -0.39 is 0 Å². The molecule has 1 N–H and O–H groups in total. The molecular weight excluding hydrogens is 362 g/mol. The van der Waals surface area contributed by atoms with Crippen LogP contribution in [0.2, 0.25) is 5.02 Å². The van der Waals surface area contributed by atoms with Gasteiger partial charge in [0.2, 0.25) is 0 Å². The Morgan fingerprint density at radius 2 is 2.07 bits per heavy atom. The first kappa shape index (κ1) is 20.7. The maximum Gasteiger partial charge on any atom is 0.270 e. The molecular formula is C21H24ClN3O2. The average Bonchev–Trinajstić information content (AvgIpc) is 2.64. The smallest absolute Gasteiger partial charge is 0.270 e. The van der Waals surface area contributed by atoms with Crippen molar-refractivity contribution < 1.29 is 9.53 Å². The van der Waals surface area contributed by atoms with Crippen molar-refractivity contribution in [2.45, 2.75) is 51.7 Å². The molecule has 0 heterocycles. The number of nitrogens with one attached hydrogen (secondary N) is 1. The fourth-order valence-corrected chi connectivity index (χ4v) is 3.05. The van der Waals surface area contributed by atoms with Crippen molar-refractivity contribution in [3.05, 3.63) is 53.2 Å². The summed E-state index contributed by atoms with van der Waals surface area (Å²) in [5, 5.41) is 12.3. The molecule has 142 valence electrons. The van der Waals surface area contributed by atoms with Gasteiger partial charge in [-0.2, -0.15) is 5.26 Å². The molecule has 0 radical (unpaired) electrons. The Morgan fingerprint density at radius 3 is 2.63 bits per heavy atom. The second-order valence-corrected chi connectivity index (χ2v) is 7.15. The molecule has 1 aliphatic carbocycles. The maximum absolute atomic E-state index is 12.3. The van der Waals surface area contributed by atoms with Gasteiger partial charge in [-0.15, -0.1) is 0 Å². The summed E-state index contributed by atoms with van der Waals surface area (Å²) in [6, 6.07) is 7.21. The lowest BCUT2D eigenvalue weighted by atomic mass is 9.92. The van der Waals surface area contributed by atoms with Gasteiger partial charge in [-0.25, -0.2) is 0 Å². The van der Waals surface area contributed by atoms with E-state index in [-0.39, 0.29) is 18.1 Å². The van der Waals surface area contributed by atoms with Crippen LogP contribution < -0.4 is 10.1 Å². The zero-order valence-corrected chi connectivity index (χ0v) is 16.4. The van der Waals surface area contributed by atoms with E-state index in [1.807, 2.05) is 19.9 Å². The van der Waals surface area contributed by atoms with Gasteiger partial charge < -0.3 is 10.1 Å². The number of hydrogen-bond donors (Lipinski definition) is 1. The molecule has 27 heavy (non-hydrogen) atoms. The molecule has 0 aliphatic heterocycles. The Kier molecular flexibility index (Phi) is 7.63. The Hall–Kier alpha value is -2.58. The van der Waals surface area contributed by atoms with E-state index in [2.05, 4.69) is 16.9 Å². The van der Waals surface area contributed by atoms with Gasteiger partial charge in [0.15, 0.2) is 0 Å². The minimum absolute atomic E-state index is 0.0698. The summed E-state index contributed by atoms with van der Waals surface area (Å²) in [5.41, 5.74) is 1.77. The van der Waals surface area contributed by atoms with Crippen LogP contribution in [0.25, 0.3) is 0 Å². The van der Waals surface area contributed by atoms with Crippen molar-refractivity contribution in [2.75, 3.05) is 0 Å². The molecule has 1 aliphatic rings. The molecule has 1 saturated carbocycles. The maximum atomic E-state index is 12.3. The molecule has 0 saturated heterocycles. The van der Waals surface area contributed by atoms with Crippen molar-refractivity contribution in [3.8, 4) is 11.8 Å². The highest BCUT2D eigenvalue weighted by molar-refractivity contribution is 6.43. The van der Waals surface area contributed by atoms with Crippen LogP contribution >= 0.6 is 11.6 Å². The topological polar surface area (TPSA) is 74.5 Å². The third kappa shape index (κ3) is 6.26. The second-order valence-electron chi connectivity index (χ2n) is 6.74. The lowest BCUT2D eigenvalue weighted by Crippen LogP contribution is -2.42. The van der Waals surface area contributed by atoms with Crippen LogP contribution in [0, 0.1) is 11.3 Å². The van der Waals surface area contributed by atoms with Crippen LogP contribution in [0.1, 0.15) is 45.1 Å². The van der Waals surface area contributed by atoms with E-state index in [9.17, 15) is 4.79 Å². The molecule has 6 heteroatoms. The molecule has 2 rings (SSSR count). The van der Waals surface area contributed by atoms with Gasteiger partial charge in [-0.05, 0) is 57.7 Å². The predicted octanol–water partition coefficient (Wildman–Crippen LogP) is 4.57. The lowest BCUT2D eigenvalue weighted by Gasteiger charge is -2.29. The van der Waals surface area contributed by atoms with Crippen molar-refractivity contribution in [2.24, 2.45) is 4.99 Å². The van der Waals surface area contributed by atoms with E-state index in [0.29, 0.717) is 22.0 Å². The van der Waals surface area contributed by atoms with Crippen molar-refractivity contribution in [1.82, 2.24) is 5.32 Å². The van der Waals surface area contributed by atoms with Crippen LogP contribution in [0.5, 0.6) is 5.75 Å². The van der Waals surface area contributed by atoms with Gasteiger partial charge in [0.1, 0.15) is 17.5 Å². The molecule has 5 nitrogen and oxygen atoms in total. The quantitative estimate of drug-likeness (QED) is 0.729. The number of amides is 1. The first-order chi connectivity index (χ1) is 12.9. The standard InChI is InChI=1S/C21H24ClN3O2/c1-4-20(24-13-14(2)3)21(26)25-16-6-9-17(10-7-16)27-18-8-5-15(12-23)19(22)11-18/h4-5,8,11,13,16-17H,1,6-7,9-10H2,2-3H3,(H,25,26)/b24-20+/t16-,17-. The summed E-state index contributed by atoms with van der Waals surface area (Å²) >= 11 is 6.04. The number of nitriles is 1. The zero-order valence-electron chi connectivity index (χ0n) is 15.7. The number of carbonyl (C=O) groups is 1. The number of ether oxygens (including phenoxy) is 1. The Bertz CT molecular complexity index is 796. The third-order valence-electron chi connectivity index (χ3n) is 4.26. The highest BCUT2D eigenvalue weighted by Crippen LogP contribution is 2.27. The second kappa shape index (κ2) is 9.94. The van der Waals surface area contributed by atoms with E-state index in [0.717, 1.165) is 31.3 Å². The number of halogens is 1. The van der Waals surface area contributed by atoms with Crippen LogP contribution in [-0.2, 0) is 4.79 Å². The number of allylic oxidation sites excluding steroid dienone is 1. The lowest BCUT2D eigenvalue weighted by molar-refractivity contribution is -0.115. The molecule has 0 spiro atoms. The van der Waals surface area contributed by atoms with Crippen molar-refractivity contribution >= 4 is 23.2 Å². The van der Waals surface area contributed by atoms with Gasteiger partial charge in [0, 0.05) is 18.3 Å². The van der Waals surface area contributed by atoms with Gasteiger partial charge >= 0.3 is 0 Å². The zero-order chi connectivity index (χ0) is 19.8. The summed E-state index contributed by atoms with van der Waals surface area (Å²) in [4.78, 5) is 16.5. The van der Waals surface area contributed by atoms with E-state index in [4.69, 9.17) is 21.6 Å². The minimum atomic E-state index is -0.203. The van der Waals surface area contributed by atoms with E-state index >= 15 is 0 Å². The number of nitrogens with zero attached hydrogens (tertiary/aromatic N) is 2. The number of carbonyl (C=O) groups excluding carboxylic acids is 1. The Labute approximate surface area is 165 Å². The normalized spacial score (nSPS) is 19.6. The molecule has 0 atom stereocenters. The summed E-state index contributed by atoms with van der Waals surface area (Å²) in [5.74, 6) is 0.458. The minimum Gasteiger partial charge on any atom is -0.490 e. The highest BCUT2D eigenvalue weighted by atomic mass is 35.5. The fourth-order valence-electron chi connectivity index (χ4n) is 2.84. The van der Waals surface area contributed by atoms with Crippen LogP contribution in [0.3, 0.4) is 0 Å². The highest BCUT2D eigenvalue weighted by Gasteiger charge is 2.24. The first-order valence-corrected chi connectivity index (χ1v) is 9.31. The first-order valence-electron chi connectivity index (χ1n) is 8.93. The molecule has 1 amide bonds. The van der Waals surface area contributed by atoms with Gasteiger partial charge in [-0.3, -0.25) is 9.79 Å². The molecule has 0 bridgehead atoms. The average molecular weight is 386 g/mol.